The minimum atomic E-state index is -4.63. The summed E-state index contributed by atoms with van der Waals surface area (Å²) < 4.78 is 69.9. The topological polar surface area (TPSA) is 118 Å². The van der Waals surface area contributed by atoms with E-state index in [2.05, 4.69) is 30.7 Å². The average molecular weight is 537 g/mol. The van der Waals surface area contributed by atoms with Crippen LogP contribution in [0.1, 0.15) is 37.3 Å². The molecular weight excluding hydrogens is 509 g/mol. The number of pyridine rings is 1. The van der Waals surface area contributed by atoms with Gasteiger partial charge in [0, 0.05) is 49.3 Å². The fourth-order valence-electron chi connectivity index (χ4n) is 4.63. The van der Waals surface area contributed by atoms with Gasteiger partial charge < -0.3 is 10.6 Å². The minimum absolute atomic E-state index is 0.0129. The number of halogens is 3. The first-order chi connectivity index (χ1) is 17.6. The summed E-state index contributed by atoms with van der Waals surface area (Å²) in [4.78, 5) is 12.1. The molecule has 1 saturated heterocycles. The fourth-order valence-corrected chi connectivity index (χ4v) is 6.03. The third kappa shape index (κ3) is 5.31. The Morgan fingerprint density at radius 1 is 1.05 bits per heavy atom. The second kappa shape index (κ2) is 9.99. The summed E-state index contributed by atoms with van der Waals surface area (Å²) in [6.07, 6.45) is 3.17. The summed E-state index contributed by atoms with van der Waals surface area (Å²) >= 11 is 0. The van der Waals surface area contributed by atoms with Crippen molar-refractivity contribution in [3.05, 3.63) is 48.5 Å². The van der Waals surface area contributed by atoms with E-state index in [0.29, 0.717) is 18.9 Å². The molecule has 14 heteroatoms. The fraction of sp³-hybridized carbons (Fsp3) is 0.478. The van der Waals surface area contributed by atoms with Crippen molar-refractivity contribution in [2.24, 2.45) is 0 Å². The number of anilines is 1. The first kappa shape index (κ1) is 25.5. The molecule has 1 saturated carbocycles. The molecule has 3 aromatic heterocycles. The lowest BCUT2D eigenvalue weighted by atomic mass is 9.87. The molecule has 198 valence electrons. The third-order valence-corrected chi connectivity index (χ3v) is 8.71. The summed E-state index contributed by atoms with van der Waals surface area (Å²) in [5.74, 6) is 0.0562. The summed E-state index contributed by atoms with van der Waals surface area (Å²) in [5.41, 5.74) is -0.909. The van der Waals surface area contributed by atoms with Crippen LogP contribution in [-0.2, 0) is 16.2 Å². The van der Waals surface area contributed by atoms with Crippen LogP contribution >= 0.6 is 0 Å². The highest BCUT2D eigenvalue weighted by Crippen LogP contribution is 2.38. The Hall–Kier alpha value is -3.10. The Balaban J connectivity index is 1.30. The van der Waals surface area contributed by atoms with Gasteiger partial charge in [-0.15, -0.1) is 0 Å². The van der Waals surface area contributed by atoms with Gasteiger partial charge in [0.25, 0.3) is 10.0 Å². The highest BCUT2D eigenvalue weighted by molar-refractivity contribution is 7.89. The van der Waals surface area contributed by atoms with Crippen LogP contribution in [0.2, 0.25) is 0 Å². The van der Waals surface area contributed by atoms with E-state index < -0.39 is 21.8 Å². The van der Waals surface area contributed by atoms with E-state index in [0.717, 1.165) is 19.0 Å². The first-order valence-corrected chi connectivity index (χ1v) is 13.4. The number of aromatic nitrogens is 5. The van der Waals surface area contributed by atoms with E-state index in [4.69, 9.17) is 0 Å². The highest BCUT2D eigenvalue weighted by atomic mass is 32.2. The molecular formula is C23H27F3N8O2S. The molecule has 2 fully saturated rings. The van der Waals surface area contributed by atoms with Crippen molar-refractivity contribution < 1.29 is 21.6 Å². The number of alkyl halides is 3. The number of hydrogen-bond donors (Lipinski definition) is 2. The minimum Gasteiger partial charge on any atom is -0.351 e. The lowest BCUT2D eigenvalue weighted by Crippen LogP contribution is -2.42. The summed E-state index contributed by atoms with van der Waals surface area (Å²) in [6, 6.07) is 5.02. The number of rotatable bonds is 7. The zero-order valence-corrected chi connectivity index (χ0v) is 20.9. The van der Waals surface area contributed by atoms with Crippen molar-refractivity contribution in [3.63, 3.8) is 0 Å². The van der Waals surface area contributed by atoms with Gasteiger partial charge in [-0.2, -0.15) is 22.6 Å². The summed E-state index contributed by atoms with van der Waals surface area (Å²) in [5, 5.41) is 10.5. The van der Waals surface area contributed by atoms with Gasteiger partial charge in [0.2, 0.25) is 5.95 Å². The maximum Gasteiger partial charge on any atom is 0.419 e. The largest absolute Gasteiger partial charge is 0.419 e. The maximum atomic E-state index is 13.8. The summed E-state index contributed by atoms with van der Waals surface area (Å²) in [6.45, 7) is 0.484. The van der Waals surface area contributed by atoms with Crippen LogP contribution < -0.4 is 10.6 Å². The zero-order chi connectivity index (χ0) is 26.2. The molecule has 0 aromatic carbocycles. The monoisotopic (exact) mass is 536 g/mol. The van der Waals surface area contributed by atoms with Gasteiger partial charge in [-0.25, -0.2) is 23.4 Å². The Labute approximate surface area is 212 Å². The molecule has 0 bridgehead atoms. The standard InChI is InChI=1S/C23H27F3N8O2S/c1-27-17-10-18(11-17)34-14-15(12-30-34)21-19(23(24,25)26)13-29-22(32-21)31-16-5-8-33(9-6-16)37(35,36)20-4-2-3-7-28-20/h2-4,7,12-14,16-18,27H,5-6,8-11H2,1H3,(H,29,31,32). The quantitative estimate of drug-likeness (QED) is 0.473. The number of hydrogen-bond acceptors (Lipinski definition) is 8. The van der Waals surface area contributed by atoms with Crippen molar-refractivity contribution in [2.45, 2.75) is 55.0 Å². The molecule has 0 amide bonds. The average Bonchev–Trinajstić information content (AvgIpc) is 3.33. The predicted octanol–water partition coefficient (Wildman–Crippen LogP) is 2.94. The second-order valence-corrected chi connectivity index (χ2v) is 11.1. The molecule has 2 N–H and O–H groups in total. The zero-order valence-electron chi connectivity index (χ0n) is 20.1. The predicted molar refractivity (Wildman–Crippen MR) is 129 cm³/mol. The number of nitrogens with one attached hydrogen (secondary N) is 2. The normalized spacial score (nSPS) is 21.5. The van der Waals surface area contributed by atoms with Crippen LogP contribution in [-0.4, -0.2) is 69.7 Å². The summed E-state index contributed by atoms with van der Waals surface area (Å²) in [7, 11) is -1.83. The smallest absolute Gasteiger partial charge is 0.351 e. The lowest BCUT2D eigenvalue weighted by Gasteiger charge is -2.35. The van der Waals surface area contributed by atoms with Crippen LogP contribution in [0.3, 0.4) is 0 Å². The van der Waals surface area contributed by atoms with Crippen molar-refractivity contribution in [1.82, 2.24) is 34.4 Å². The molecule has 37 heavy (non-hydrogen) atoms. The van der Waals surface area contributed by atoms with Crippen LogP contribution in [0.5, 0.6) is 0 Å². The number of sulfonamides is 1. The van der Waals surface area contributed by atoms with Gasteiger partial charge in [0.1, 0.15) is 5.56 Å². The Bertz CT molecular complexity index is 1340. The van der Waals surface area contributed by atoms with Gasteiger partial charge in [-0.05, 0) is 44.9 Å². The van der Waals surface area contributed by atoms with Crippen LogP contribution in [0.4, 0.5) is 19.1 Å². The van der Waals surface area contributed by atoms with E-state index >= 15 is 0 Å². The van der Waals surface area contributed by atoms with E-state index in [1.165, 1.54) is 22.8 Å². The van der Waals surface area contributed by atoms with E-state index in [9.17, 15) is 21.6 Å². The number of nitrogens with zero attached hydrogens (tertiary/aromatic N) is 6. The SMILES string of the molecule is CNC1CC(n2cc(-c3nc(NC4CCN(S(=O)(=O)c5ccccn5)CC4)ncc3C(F)(F)F)cn2)C1. The third-order valence-electron chi connectivity index (χ3n) is 6.89. The molecule has 0 atom stereocenters. The highest BCUT2D eigenvalue weighted by Gasteiger charge is 2.37. The molecule has 1 aliphatic heterocycles. The van der Waals surface area contributed by atoms with Gasteiger partial charge in [-0.1, -0.05) is 6.07 Å². The van der Waals surface area contributed by atoms with Crippen LogP contribution in [0.25, 0.3) is 11.3 Å². The Morgan fingerprint density at radius 2 is 1.81 bits per heavy atom. The molecule has 0 unspecified atom stereocenters. The van der Waals surface area contributed by atoms with E-state index in [1.54, 1.807) is 23.0 Å². The van der Waals surface area contributed by atoms with E-state index in [-0.39, 0.29) is 47.4 Å². The van der Waals surface area contributed by atoms with Crippen LogP contribution in [0.15, 0.2) is 48.0 Å². The van der Waals surface area contributed by atoms with Crippen molar-refractivity contribution in [3.8, 4) is 11.3 Å². The molecule has 0 radical (unpaired) electrons. The van der Waals surface area contributed by atoms with Crippen molar-refractivity contribution in [1.29, 1.82) is 0 Å². The lowest BCUT2D eigenvalue weighted by molar-refractivity contribution is -0.137. The Kier molecular flexibility index (Phi) is 6.89. The molecule has 5 rings (SSSR count). The first-order valence-electron chi connectivity index (χ1n) is 12.0. The van der Waals surface area contributed by atoms with Gasteiger partial charge >= 0.3 is 6.18 Å². The maximum absolute atomic E-state index is 13.8. The second-order valence-electron chi connectivity index (χ2n) is 9.26. The van der Waals surface area contributed by atoms with Crippen molar-refractivity contribution in [2.75, 3.05) is 25.5 Å². The van der Waals surface area contributed by atoms with Gasteiger partial charge in [0.05, 0.1) is 17.9 Å². The molecule has 2 aliphatic rings. The van der Waals surface area contributed by atoms with E-state index in [1.807, 2.05) is 7.05 Å². The van der Waals surface area contributed by atoms with Crippen LogP contribution in [0, 0.1) is 0 Å². The number of piperidine rings is 1. The van der Waals surface area contributed by atoms with Gasteiger partial charge in [-0.3, -0.25) is 4.68 Å². The molecule has 1 aliphatic carbocycles. The Morgan fingerprint density at radius 3 is 2.46 bits per heavy atom. The molecule has 4 heterocycles. The van der Waals surface area contributed by atoms with Gasteiger partial charge in [0.15, 0.2) is 5.03 Å². The molecule has 10 nitrogen and oxygen atoms in total. The van der Waals surface area contributed by atoms with Crippen molar-refractivity contribution >= 4 is 16.0 Å². The molecule has 0 spiro atoms. The molecule has 3 aromatic rings.